The number of nitrogens with zero attached hydrogens (tertiary/aromatic N) is 2. The van der Waals surface area contributed by atoms with Crippen LogP contribution in [-0.4, -0.2) is 10.9 Å². The van der Waals surface area contributed by atoms with Gasteiger partial charge in [0.2, 0.25) is 5.91 Å². The largest absolute Gasteiger partial charge is 0.273 e. The molecule has 0 spiro atoms. The molecule has 56 valence electrons. The first-order valence-electron chi connectivity index (χ1n) is 3.01. The normalized spacial score (nSPS) is 8.55. The molecule has 0 aromatic carbocycles. The van der Waals surface area contributed by atoms with E-state index in [1.807, 2.05) is 0 Å². The summed E-state index contributed by atoms with van der Waals surface area (Å²) in [6.07, 6.45) is 1.40. The smallest absolute Gasteiger partial charge is 0.239 e. The highest BCUT2D eigenvalue weighted by Crippen LogP contribution is 2.01. The van der Waals surface area contributed by atoms with Crippen molar-refractivity contribution in [3.8, 4) is 0 Å². The average Bonchev–Trinajstić information content (AvgIpc) is 2.05. The van der Waals surface area contributed by atoms with Crippen LogP contribution in [0, 0.1) is 12.1 Å². The van der Waals surface area contributed by atoms with Crippen molar-refractivity contribution < 1.29 is 4.79 Å². The standard InChI is InChI=1S/C7H7N3O/c1-6(11)10(8)7-4-2-3-5-9-7/h4-5H,8H2,1H3. The van der Waals surface area contributed by atoms with Gasteiger partial charge in [0, 0.05) is 13.0 Å². The van der Waals surface area contributed by atoms with Crippen LogP contribution in [0.25, 0.3) is 0 Å². The molecule has 1 heterocycles. The van der Waals surface area contributed by atoms with Crippen molar-refractivity contribution >= 4 is 11.7 Å². The van der Waals surface area contributed by atoms with Crippen molar-refractivity contribution in [2.45, 2.75) is 6.92 Å². The van der Waals surface area contributed by atoms with Crippen LogP contribution in [0.2, 0.25) is 0 Å². The number of amides is 1. The number of anilines is 1. The quantitative estimate of drug-likeness (QED) is 0.345. The summed E-state index contributed by atoms with van der Waals surface area (Å²) >= 11 is 0. The van der Waals surface area contributed by atoms with Crippen LogP contribution < -0.4 is 10.9 Å². The molecular weight excluding hydrogens is 142 g/mol. The highest BCUT2D eigenvalue weighted by atomic mass is 16.2. The van der Waals surface area contributed by atoms with Gasteiger partial charge in [-0.1, -0.05) is 6.07 Å². The molecule has 1 rings (SSSR count). The Bertz CT molecular complexity index is 247. The lowest BCUT2D eigenvalue weighted by atomic mass is 10.5. The molecule has 0 radical (unpaired) electrons. The van der Waals surface area contributed by atoms with Crippen molar-refractivity contribution in [3.05, 3.63) is 24.4 Å². The van der Waals surface area contributed by atoms with E-state index in [1.165, 1.54) is 19.2 Å². The first-order valence-corrected chi connectivity index (χ1v) is 3.01. The maximum atomic E-state index is 10.7. The molecule has 1 amide bonds. The predicted octanol–water partition coefficient (Wildman–Crippen LogP) is -0.0914. The molecular formula is C7H7N3O. The fraction of sp³-hybridized carbons (Fsp3) is 0.143. The molecule has 0 unspecified atom stereocenters. The van der Waals surface area contributed by atoms with Gasteiger partial charge < -0.3 is 0 Å². The van der Waals surface area contributed by atoms with E-state index in [2.05, 4.69) is 17.1 Å². The van der Waals surface area contributed by atoms with Crippen molar-refractivity contribution in [2.24, 2.45) is 5.84 Å². The van der Waals surface area contributed by atoms with Gasteiger partial charge in [-0.2, -0.15) is 0 Å². The SMILES string of the molecule is CC(=O)N(N)c1cc#ccn1. The summed E-state index contributed by atoms with van der Waals surface area (Å²) < 4.78 is 0. The Kier molecular flexibility index (Phi) is 2.04. The Hall–Kier alpha value is -1.60. The molecule has 1 aromatic rings. The Balaban J connectivity index is 2.85. The van der Waals surface area contributed by atoms with E-state index in [0.29, 0.717) is 5.82 Å². The lowest BCUT2D eigenvalue weighted by Gasteiger charge is -2.10. The van der Waals surface area contributed by atoms with E-state index in [-0.39, 0.29) is 5.91 Å². The van der Waals surface area contributed by atoms with Crippen molar-refractivity contribution in [1.82, 2.24) is 4.98 Å². The summed E-state index contributed by atoms with van der Waals surface area (Å²) in [6, 6.07) is 6.72. The van der Waals surface area contributed by atoms with Gasteiger partial charge in [0.15, 0.2) is 5.82 Å². The van der Waals surface area contributed by atoms with E-state index in [0.717, 1.165) is 5.01 Å². The third-order valence-corrected chi connectivity index (χ3v) is 1.13. The summed E-state index contributed by atoms with van der Waals surface area (Å²) in [4.78, 5) is 14.5. The number of hydrazine groups is 1. The average molecular weight is 149 g/mol. The summed E-state index contributed by atoms with van der Waals surface area (Å²) in [5, 5.41) is 0.949. The zero-order valence-electron chi connectivity index (χ0n) is 6.03. The first-order chi connectivity index (χ1) is 5.22. The highest BCUT2D eigenvalue weighted by molar-refractivity contribution is 5.88. The number of carbonyl (C=O) groups excluding carboxylic acids is 1. The molecule has 11 heavy (non-hydrogen) atoms. The van der Waals surface area contributed by atoms with Gasteiger partial charge in [0.25, 0.3) is 0 Å². The van der Waals surface area contributed by atoms with Crippen LogP contribution in [0.5, 0.6) is 0 Å². The molecule has 4 nitrogen and oxygen atoms in total. The van der Waals surface area contributed by atoms with Crippen LogP contribution in [0.4, 0.5) is 5.82 Å². The van der Waals surface area contributed by atoms with Gasteiger partial charge >= 0.3 is 0 Å². The lowest BCUT2D eigenvalue weighted by Crippen LogP contribution is -2.35. The van der Waals surface area contributed by atoms with Gasteiger partial charge in [0.05, 0.1) is 6.20 Å². The van der Waals surface area contributed by atoms with Crippen LogP contribution in [0.1, 0.15) is 6.92 Å². The molecule has 2 N–H and O–H groups in total. The van der Waals surface area contributed by atoms with Crippen LogP contribution in [0.3, 0.4) is 0 Å². The van der Waals surface area contributed by atoms with Crippen molar-refractivity contribution in [1.29, 1.82) is 0 Å². The van der Waals surface area contributed by atoms with Crippen molar-refractivity contribution in [3.63, 3.8) is 0 Å². The lowest BCUT2D eigenvalue weighted by molar-refractivity contribution is -0.116. The highest BCUT2D eigenvalue weighted by Gasteiger charge is 2.04. The third-order valence-electron chi connectivity index (χ3n) is 1.13. The monoisotopic (exact) mass is 149 g/mol. The minimum atomic E-state index is -0.267. The minimum Gasteiger partial charge on any atom is -0.273 e. The van der Waals surface area contributed by atoms with Crippen LogP contribution in [-0.2, 0) is 4.79 Å². The second kappa shape index (κ2) is 2.99. The maximum Gasteiger partial charge on any atom is 0.239 e. The van der Waals surface area contributed by atoms with Gasteiger partial charge in [-0.25, -0.2) is 15.8 Å². The Morgan fingerprint density at radius 2 is 2.45 bits per heavy atom. The van der Waals surface area contributed by atoms with E-state index in [4.69, 9.17) is 5.84 Å². The Labute approximate surface area is 64.6 Å². The van der Waals surface area contributed by atoms with Crippen LogP contribution in [0.15, 0.2) is 12.3 Å². The number of carbonyl (C=O) groups is 1. The second-order valence-corrected chi connectivity index (χ2v) is 1.94. The van der Waals surface area contributed by atoms with E-state index in [1.54, 1.807) is 0 Å². The first kappa shape index (κ1) is 7.51. The number of nitrogens with two attached hydrogens (primary N) is 1. The summed E-state index contributed by atoms with van der Waals surface area (Å²) in [5.41, 5.74) is 0. The zero-order chi connectivity index (χ0) is 8.27. The molecule has 4 heteroatoms. The van der Waals surface area contributed by atoms with Crippen LogP contribution >= 0.6 is 0 Å². The predicted molar refractivity (Wildman–Crippen MR) is 39.3 cm³/mol. The topological polar surface area (TPSA) is 59.2 Å². The third kappa shape index (κ3) is 1.66. The second-order valence-electron chi connectivity index (χ2n) is 1.94. The zero-order valence-corrected chi connectivity index (χ0v) is 6.03. The molecule has 0 saturated carbocycles. The summed E-state index contributed by atoms with van der Waals surface area (Å²) in [5.74, 6) is 5.43. The van der Waals surface area contributed by atoms with Gasteiger partial charge in [0.1, 0.15) is 0 Å². The van der Waals surface area contributed by atoms with E-state index >= 15 is 0 Å². The van der Waals surface area contributed by atoms with E-state index in [9.17, 15) is 4.79 Å². The fourth-order valence-corrected chi connectivity index (χ4v) is 0.572. The molecule has 0 aliphatic rings. The molecule has 0 atom stereocenters. The number of hydrogen-bond donors (Lipinski definition) is 1. The molecule has 0 saturated heterocycles. The molecule has 1 aromatic heterocycles. The summed E-state index contributed by atoms with van der Waals surface area (Å²) in [7, 11) is 0. The minimum absolute atomic E-state index is 0.267. The molecule has 0 fully saturated rings. The van der Waals surface area contributed by atoms with Gasteiger partial charge in [-0.05, 0) is 6.07 Å². The maximum absolute atomic E-state index is 10.7. The van der Waals surface area contributed by atoms with Gasteiger partial charge in [-0.15, -0.1) is 0 Å². The molecule has 0 aliphatic carbocycles. The Morgan fingerprint density at radius 1 is 1.73 bits per heavy atom. The van der Waals surface area contributed by atoms with E-state index < -0.39 is 0 Å². The fourth-order valence-electron chi connectivity index (χ4n) is 0.572. The van der Waals surface area contributed by atoms with Gasteiger partial charge in [-0.3, -0.25) is 4.79 Å². The Morgan fingerprint density at radius 3 is 2.91 bits per heavy atom. The molecule has 0 bridgehead atoms. The summed E-state index contributed by atoms with van der Waals surface area (Å²) in [6.45, 7) is 1.36. The number of hydrogen-bond acceptors (Lipinski definition) is 3. The number of rotatable bonds is 1. The molecule has 0 aliphatic heterocycles. The van der Waals surface area contributed by atoms with Crippen molar-refractivity contribution in [2.75, 3.05) is 5.01 Å². The number of aromatic nitrogens is 1.